The second kappa shape index (κ2) is 5.71. The first-order valence-electron chi connectivity index (χ1n) is 3.89. The van der Waals surface area contributed by atoms with E-state index in [1.807, 2.05) is 6.92 Å². The molecule has 0 aromatic rings. The van der Waals surface area contributed by atoms with E-state index in [1.165, 1.54) is 0 Å². The molecular weight excluding hydrogens is 194 g/mol. The highest BCUT2D eigenvalue weighted by Crippen LogP contribution is 1.86. The molecule has 1 amide bonds. The van der Waals surface area contributed by atoms with Gasteiger partial charge in [-0.1, -0.05) is 13.3 Å². The fourth-order valence-corrected chi connectivity index (χ4v) is 0.891. The fraction of sp³-hybridized carbons (Fsp3) is 0.571. The Kier molecular flexibility index (Phi) is 5.33. The van der Waals surface area contributed by atoms with E-state index in [0.29, 0.717) is 12.0 Å². The minimum absolute atomic E-state index is 0.453. The highest BCUT2D eigenvalue weighted by molar-refractivity contribution is 7.88. The van der Waals surface area contributed by atoms with Crippen LogP contribution in [0.15, 0.2) is 11.5 Å². The van der Waals surface area contributed by atoms with E-state index in [2.05, 4.69) is 5.32 Å². The molecule has 0 atom stereocenters. The molecule has 0 radical (unpaired) electrons. The molecule has 0 aromatic heterocycles. The molecule has 0 aliphatic carbocycles. The molecule has 6 heteroatoms. The second-order valence-corrected chi connectivity index (χ2v) is 3.76. The molecule has 13 heavy (non-hydrogen) atoms. The normalized spacial score (nSPS) is 11.8. The van der Waals surface area contributed by atoms with E-state index in [1.54, 1.807) is 0 Å². The van der Waals surface area contributed by atoms with Gasteiger partial charge in [-0.2, -0.15) is 8.42 Å². The van der Waals surface area contributed by atoms with Crippen LogP contribution in [0.25, 0.3) is 0 Å². The standard InChI is InChI=1S/C7H13NO4S/c1-2-3-5-8-7(9)4-6-13(10,11)12/h4,6H,2-3,5H2,1H3,(H,8,9)(H,10,11,12). The molecule has 0 bridgehead atoms. The minimum Gasteiger partial charge on any atom is -0.353 e. The third-order valence-corrected chi connectivity index (χ3v) is 1.70. The van der Waals surface area contributed by atoms with Gasteiger partial charge in [-0.05, 0) is 6.42 Å². The smallest absolute Gasteiger partial charge is 0.287 e. The third kappa shape index (κ3) is 9.03. The molecule has 2 N–H and O–H groups in total. The summed E-state index contributed by atoms with van der Waals surface area (Å²) in [6, 6.07) is 0. The molecule has 0 saturated carbocycles. The maximum Gasteiger partial charge on any atom is 0.287 e. The van der Waals surface area contributed by atoms with Crippen molar-refractivity contribution in [2.75, 3.05) is 6.54 Å². The minimum atomic E-state index is -4.19. The van der Waals surface area contributed by atoms with Crippen LogP contribution in [0.4, 0.5) is 0 Å². The van der Waals surface area contributed by atoms with Gasteiger partial charge in [-0.25, -0.2) is 0 Å². The Bertz CT molecular complexity index is 281. The predicted octanol–water partition coefficient (Wildman–Crippen LogP) is 0.304. The number of carbonyl (C=O) groups is 1. The monoisotopic (exact) mass is 207 g/mol. The van der Waals surface area contributed by atoms with Gasteiger partial charge >= 0.3 is 0 Å². The van der Waals surface area contributed by atoms with Crippen molar-refractivity contribution in [1.29, 1.82) is 0 Å². The number of amides is 1. The molecular formula is C7H13NO4S. The van der Waals surface area contributed by atoms with Crippen molar-refractivity contribution in [3.8, 4) is 0 Å². The Labute approximate surface area is 77.6 Å². The van der Waals surface area contributed by atoms with Crippen LogP contribution in [0.3, 0.4) is 0 Å². The number of unbranched alkanes of at least 4 members (excludes halogenated alkanes) is 1. The van der Waals surface area contributed by atoms with Crippen molar-refractivity contribution in [2.45, 2.75) is 19.8 Å². The van der Waals surface area contributed by atoms with Crippen LogP contribution in [0, 0.1) is 0 Å². The molecule has 0 aliphatic heterocycles. The molecule has 0 aliphatic rings. The summed E-state index contributed by atoms with van der Waals surface area (Å²) in [5, 5.41) is 2.91. The van der Waals surface area contributed by atoms with Crippen LogP contribution >= 0.6 is 0 Å². The van der Waals surface area contributed by atoms with Crippen LogP contribution < -0.4 is 5.32 Å². The maximum absolute atomic E-state index is 10.8. The quantitative estimate of drug-likeness (QED) is 0.386. The van der Waals surface area contributed by atoms with Gasteiger partial charge < -0.3 is 5.32 Å². The van der Waals surface area contributed by atoms with E-state index in [0.717, 1.165) is 18.9 Å². The van der Waals surface area contributed by atoms with Crippen molar-refractivity contribution < 1.29 is 17.8 Å². The Hall–Kier alpha value is -0.880. The van der Waals surface area contributed by atoms with Crippen LogP contribution in [-0.4, -0.2) is 25.4 Å². The highest BCUT2D eigenvalue weighted by atomic mass is 32.2. The lowest BCUT2D eigenvalue weighted by Gasteiger charge is -1.98. The molecule has 76 valence electrons. The summed E-state index contributed by atoms with van der Waals surface area (Å²) in [5.41, 5.74) is 0. The lowest BCUT2D eigenvalue weighted by molar-refractivity contribution is -0.116. The lowest BCUT2D eigenvalue weighted by atomic mass is 10.3. The summed E-state index contributed by atoms with van der Waals surface area (Å²) in [4.78, 5) is 10.8. The number of rotatable bonds is 5. The number of carbonyl (C=O) groups excluding carboxylic acids is 1. The maximum atomic E-state index is 10.8. The predicted molar refractivity (Wildman–Crippen MR) is 48.6 cm³/mol. The number of hydrogen-bond donors (Lipinski definition) is 2. The van der Waals surface area contributed by atoms with Crippen molar-refractivity contribution in [1.82, 2.24) is 5.32 Å². The molecule has 0 heterocycles. The van der Waals surface area contributed by atoms with Gasteiger partial charge in [0.05, 0.1) is 5.41 Å². The van der Waals surface area contributed by atoms with E-state index in [-0.39, 0.29) is 0 Å². The van der Waals surface area contributed by atoms with E-state index < -0.39 is 16.0 Å². The Morgan fingerprint density at radius 2 is 2.15 bits per heavy atom. The first-order valence-corrected chi connectivity index (χ1v) is 5.39. The molecule has 0 rings (SSSR count). The van der Waals surface area contributed by atoms with Crippen molar-refractivity contribution in [3.05, 3.63) is 11.5 Å². The van der Waals surface area contributed by atoms with E-state index in [4.69, 9.17) is 4.55 Å². The summed E-state index contributed by atoms with van der Waals surface area (Å²) >= 11 is 0. The van der Waals surface area contributed by atoms with Crippen LogP contribution in [0.2, 0.25) is 0 Å². The Morgan fingerprint density at radius 1 is 1.54 bits per heavy atom. The van der Waals surface area contributed by atoms with Gasteiger partial charge in [0, 0.05) is 12.6 Å². The summed E-state index contributed by atoms with van der Waals surface area (Å²) in [5.74, 6) is -0.522. The Morgan fingerprint density at radius 3 is 2.62 bits per heavy atom. The van der Waals surface area contributed by atoms with Crippen molar-refractivity contribution in [3.63, 3.8) is 0 Å². The molecule has 0 fully saturated rings. The van der Waals surface area contributed by atoms with Gasteiger partial charge in [-0.3, -0.25) is 9.35 Å². The highest BCUT2D eigenvalue weighted by Gasteiger charge is 1.98. The molecule has 5 nitrogen and oxygen atoms in total. The number of hydrogen-bond acceptors (Lipinski definition) is 3. The zero-order chi connectivity index (χ0) is 10.3. The van der Waals surface area contributed by atoms with Gasteiger partial charge in [0.1, 0.15) is 0 Å². The average molecular weight is 207 g/mol. The first kappa shape index (κ1) is 12.1. The third-order valence-electron chi connectivity index (χ3n) is 1.22. The molecule has 0 saturated heterocycles. The van der Waals surface area contributed by atoms with Crippen LogP contribution in [0.5, 0.6) is 0 Å². The Balaban J connectivity index is 3.82. The average Bonchev–Trinajstić information content (AvgIpc) is 2.00. The van der Waals surface area contributed by atoms with Gasteiger partial charge in [0.25, 0.3) is 10.1 Å². The SMILES string of the molecule is CCCCNC(=O)C=CS(=O)(=O)O. The number of nitrogens with one attached hydrogen (secondary N) is 1. The topological polar surface area (TPSA) is 83.5 Å². The molecule has 0 unspecified atom stereocenters. The largest absolute Gasteiger partial charge is 0.353 e. The lowest BCUT2D eigenvalue weighted by Crippen LogP contribution is -2.22. The fourth-order valence-electron chi connectivity index (χ4n) is 0.595. The molecule has 0 aromatic carbocycles. The molecule has 0 spiro atoms. The van der Waals surface area contributed by atoms with Crippen molar-refractivity contribution >= 4 is 16.0 Å². The van der Waals surface area contributed by atoms with Crippen molar-refractivity contribution in [2.24, 2.45) is 0 Å². The first-order chi connectivity index (χ1) is 5.95. The summed E-state index contributed by atoms with van der Waals surface area (Å²) in [6.45, 7) is 2.48. The summed E-state index contributed by atoms with van der Waals surface area (Å²) < 4.78 is 28.6. The van der Waals surface area contributed by atoms with Crippen LogP contribution in [0.1, 0.15) is 19.8 Å². The van der Waals surface area contributed by atoms with E-state index in [9.17, 15) is 13.2 Å². The second-order valence-electron chi connectivity index (χ2n) is 2.46. The van der Waals surface area contributed by atoms with Gasteiger partial charge in [-0.15, -0.1) is 0 Å². The zero-order valence-electron chi connectivity index (χ0n) is 7.36. The van der Waals surface area contributed by atoms with Gasteiger partial charge in [0.2, 0.25) is 5.91 Å². The van der Waals surface area contributed by atoms with E-state index >= 15 is 0 Å². The van der Waals surface area contributed by atoms with Crippen LogP contribution in [-0.2, 0) is 14.9 Å². The summed E-state index contributed by atoms with van der Waals surface area (Å²) in [6.07, 6.45) is 2.57. The van der Waals surface area contributed by atoms with Gasteiger partial charge in [0.15, 0.2) is 0 Å². The zero-order valence-corrected chi connectivity index (χ0v) is 8.17. The summed E-state index contributed by atoms with van der Waals surface area (Å²) in [7, 11) is -4.19.